The highest BCUT2D eigenvalue weighted by Crippen LogP contribution is 2.11. The van der Waals surface area contributed by atoms with Gasteiger partial charge in [-0.1, -0.05) is 24.8 Å². The van der Waals surface area contributed by atoms with E-state index in [4.69, 9.17) is 24.8 Å². The number of carboxylic acid groups (broad SMARTS) is 1. The first-order valence-electron chi connectivity index (χ1n) is 5.54. The predicted molar refractivity (Wildman–Crippen MR) is 68.8 cm³/mol. The average molecular weight is 270 g/mol. The third kappa shape index (κ3) is 9.78. The van der Waals surface area contributed by atoms with Crippen LogP contribution in [-0.4, -0.2) is 47.4 Å². The molecule has 0 radical (unpaired) electrons. The van der Waals surface area contributed by atoms with Crippen molar-refractivity contribution in [3.8, 4) is 5.75 Å². The molecule has 0 saturated heterocycles. The van der Waals surface area contributed by atoms with Gasteiger partial charge in [-0.3, -0.25) is 0 Å². The molecule has 0 aliphatic heterocycles. The molecule has 0 heterocycles. The van der Waals surface area contributed by atoms with Gasteiger partial charge in [0.1, 0.15) is 12.4 Å². The summed E-state index contributed by atoms with van der Waals surface area (Å²) < 4.78 is 10.3. The van der Waals surface area contributed by atoms with Crippen LogP contribution in [-0.2, 0) is 9.53 Å². The zero-order valence-corrected chi connectivity index (χ0v) is 10.4. The molecule has 6 nitrogen and oxygen atoms in total. The van der Waals surface area contributed by atoms with Gasteiger partial charge >= 0.3 is 5.97 Å². The van der Waals surface area contributed by atoms with Crippen LogP contribution in [0.1, 0.15) is 0 Å². The Hall–Kier alpha value is -1.89. The van der Waals surface area contributed by atoms with Crippen molar-refractivity contribution in [2.24, 2.45) is 0 Å². The molecule has 1 rings (SSSR count). The third-order valence-electron chi connectivity index (χ3n) is 1.73. The van der Waals surface area contributed by atoms with Crippen molar-refractivity contribution in [1.82, 2.24) is 0 Å². The van der Waals surface area contributed by atoms with E-state index in [0.29, 0.717) is 5.75 Å². The van der Waals surface area contributed by atoms with Crippen molar-refractivity contribution < 1.29 is 29.6 Å². The summed E-state index contributed by atoms with van der Waals surface area (Å²) in [5.74, 6) is -0.352. The van der Waals surface area contributed by atoms with Gasteiger partial charge in [0.25, 0.3) is 0 Å². The number of aliphatic hydroxyl groups excluding tert-OH is 2. The van der Waals surface area contributed by atoms with Crippen LogP contribution in [0.2, 0.25) is 0 Å². The SMILES string of the molecule is C=CC(=O)O.OCCOC(CO)Oc1ccccc1. The maximum Gasteiger partial charge on any atom is 0.327 e. The molecule has 0 fully saturated rings. The largest absolute Gasteiger partial charge is 0.478 e. The number of rotatable bonds is 7. The van der Waals surface area contributed by atoms with Crippen molar-refractivity contribution in [1.29, 1.82) is 0 Å². The molecule has 0 aromatic heterocycles. The van der Waals surface area contributed by atoms with E-state index in [1.807, 2.05) is 18.2 Å². The maximum absolute atomic E-state index is 9.25. The Labute approximate surface area is 111 Å². The quantitative estimate of drug-likeness (QED) is 0.497. The summed E-state index contributed by atoms with van der Waals surface area (Å²) in [5, 5.41) is 25.0. The zero-order chi connectivity index (χ0) is 14.5. The average Bonchev–Trinajstić information content (AvgIpc) is 2.45. The summed E-state index contributed by atoms with van der Waals surface area (Å²) in [6.07, 6.45) is 0.115. The van der Waals surface area contributed by atoms with Gasteiger partial charge in [-0.05, 0) is 12.1 Å². The van der Waals surface area contributed by atoms with Crippen LogP contribution in [0.3, 0.4) is 0 Å². The summed E-state index contributed by atoms with van der Waals surface area (Å²) in [4.78, 5) is 9.25. The number of para-hydroxylation sites is 1. The van der Waals surface area contributed by atoms with E-state index in [0.717, 1.165) is 6.08 Å². The van der Waals surface area contributed by atoms with E-state index in [1.54, 1.807) is 12.1 Å². The molecular formula is C13H18O6. The predicted octanol–water partition coefficient (Wildman–Crippen LogP) is 0.650. The fourth-order valence-corrected chi connectivity index (χ4v) is 0.959. The first-order chi connectivity index (χ1) is 9.13. The number of aliphatic hydroxyl groups is 2. The highest BCUT2D eigenvalue weighted by Gasteiger charge is 2.08. The van der Waals surface area contributed by atoms with Crippen LogP contribution in [0, 0.1) is 0 Å². The lowest BCUT2D eigenvalue weighted by Crippen LogP contribution is -2.26. The van der Waals surface area contributed by atoms with Crippen molar-refractivity contribution >= 4 is 5.97 Å². The van der Waals surface area contributed by atoms with Gasteiger partial charge in [-0.25, -0.2) is 4.79 Å². The van der Waals surface area contributed by atoms with E-state index in [2.05, 4.69) is 6.58 Å². The standard InChI is InChI=1S/C10H14O4.C3H4O2/c11-6-7-13-10(8-12)14-9-4-2-1-3-5-9;1-2-3(4)5/h1-5,10-12H,6-8H2;2H,1H2,(H,4,5). The Morgan fingerprint density at radius 1 is 1.32 bits per heavy atom. The Kier molecular flexibility index (Phi) is 10.1. The normalized spacial score (nSPS) is 10.8. The highest BCUT2D eigenvalue weighted by atomic mass is 16.7. The van der Waals surface area contributed by atoms with E-state index in [-0.39, 0.29) is 19.8 Å². The molecule has 0 aliphatic carbocycles. The summed E-state index contributed by atoms with van der Waals surface area (Å²) in [6, 6.07) is 9.07. The minimum atomic E-state index is -0.981. The number of aliphatic carboxylic acids is 1. The van der Waals surface area contributed by atoms with Gasteiger partial charge in [-0.2, -0.15) is 0 Å². The van der Waals surface area contributed by atoms with Gasteiger partial charge in [0.05, 0.1) is 13.2 Å². The number of ether oxygens (including phenoxy) is 2. The fraction of sp³-hybridized carbons (Fsp3) is 0.308. The van der Waals surface area contributed by atoms with Crippen LogP contribution in [0.15, 0.2) is 43.0 Å². The summed E-state index contributed by atoms with van der Waals surface area (Å²) in [5.41, 5.74) is 0. The molecular weight excluding hydrogens is 252 g/mol. The van der Waals surface area contributed by atoms with E-state index in [1.165, 1.54) is 0 Å². The number of carboxylic acids is 1. The topological polar surface area (TPSA) is 96.2 Å². The molecule has 19 heavy (non-hydrogen) atoms. The van der Waals surface area contributed by atoms with Crippen molar-refractivity contribution in [2.75, 3.05) is 19.8 Å². The minimum absolute atomic E-state index is 0.0886. The lowest BCUT2D eigenvalue weighted by Gasteiger charge is -2.16. The zero-order valence-electron chi connectivity index (χ0n) is 10.4. The monoisotopic (exact) mass is 270 g/mol. The van der Waals surface area contributed by atoms with Crippen LogP contribution >= 0.6 is 0 Å². The second-order valence-corrected chi connectivity index (χ2v) is 3.18. The number of benzene rings is 1. The van der Waals surface area contributed by atoms with Gasteiger partial charge in [0.2, 0.25) is 6.29 Å². The van der Waals surface area contributed by atoms with Gasteiger partial charge in [0, 0.05) is 6.08 Å². The number of hydrogen-bond acceptors (Lipinski definition) is 5. The molecule has 1 unspecified atom stereocenters. The Morgan fingerprint density at radius 3 is 2.32 bits per heavy atom. The minimum Gasteiger partial charge on any atom is -0.478 e. The Morgan fingerprint density at radius 2 is 1.89 bits per heavy atom. The fourth-order valence-electron chi connectivity index (χ4n) is 0.959. The number of carbonyl (C=O) groups is 1. The van der Waals surface area contributed by atoms with Crippen molar-refractivity contribution in [3.05, 3.63) is 43.0 Å². The van der Waals surface area contributed by atoms with Gasteiger partial charge in [-0.15, -0.1) is 0 Å². The molecule has 0 bridgehead atoms. The molecule has 1 atom stereocenters. The summed E-state index contributed by atoms with van der Waals surface area (Å²) in [7, 11) is 0. The molecule has 1 aromatic carbocycles. The van der Waals surface area contributed by atoms with Crippen LogP contribution in [0.5, 0.6) is 5.75 Å². The molecule has 0 saturated carbocycles. The summed E-state index contributed by atoms with van der Waals surface area (Å²) >= 11 is 0. The maximum atomic E-state index is 9.25. The third-order valence-corrected chi connectivity index (χ3v) is 1.73. The first kappa shape index (κ1) is 17.1. The van der Waals surface area contributed by atoms with E-state index < -0.39 is 12.3 Å². The van der Waals surface area contributed by atoms with Crippen molar-refractivity contribution in [3.63, 3.8) is 0 Å². The first-order valence-corrected chi connectivity index (χ1v) is 5.54. The van der Waals surface area contributed by atoms with Crippen molar-refractivity contribution in [2.45, 2.75) is 6.29 Å². The lowest BCUT2D eigenvalue weighted by atomic mass is 10.3. The second kappa shape index (κ2) is 11.2. The Balaban J connectivity index is 0.000000555. The van der Waals surface area contributed by atoms with Crippen LogP contribution in [0.25, 0.3) is 0 Å². The lowest BCUT2D eigenvalue weighted by molar-refractivity contribution is -0.131. The van der Waals surface area contributed by atoms with Crippen LogP contribution < -0.4 is 4.74 Å². The van der Waals surface area contributed by atoms with Gasteiger partial charge in [0.15, 0.2) is 0 Å². The molecule has 0 spiro atoms. The molecule has 0 amide bonds. The van der Waals surface area contributed by atoms with E-state index in [9.17, 15) is 4.79 Å². The van der Waals surface area contributed by atoms with Crippen LogP contribution in [0.4, 0.5) is 0 Å². The second-order valence-electron chi connectivity index (χ2n) is 3.18. The Bertz CT molecular complexity index is 351. The molecule has 0 aliphatic rings. The molecule has 1 aromatic rings. The molecule has 3 N–H and O–H groups in total. The highest BCUT2D eigenvalue weighted by molar-refractivity contribution is 5.78. The molecule has 106 valence electrons. The smallest absolute Gasteiger partial charge is 0.327 e. The summed E-state index contributed by atoms with van der Waals surface area (Å²) in [6.45, 7) is 2.78. The van der Waals surface area contributed by atoms with E-state index >= 15 is 0 Å². The van der Waals surface area contributed by atoms with Gasteiger partial charge < -0.3 is 24.8 Å². The number of hydrogen-bond donors (Lipinski definition) is 3. The molecule has 6 heteroatoms.